The monoisotopic (exact) mass is 410 g/mol. The molecule has 1 N–H and O–H groups in total. The predicted octanol–water partition coefficient (Wildman–Crippen LogP) is 5.31. The molecular formula is C23H24F2N4O. The largest absolute Gasteiger partial charge is 0.487 e. The Morgan fingerprint density at radius 2 is 1.97 bits per heavy atom. The SMILES string of the molecule is CC(C)c1ncc2n1-c1ncccc1NC21CCC(Oc2ccc(F)cc2F)CC1. The van der Waals surface area contributed by atoms with Crippen molar-refractivity contribution in [3.63, 3.8) is 0 Å². The van der Waals surface area contributed by atoms with Gasteiger partial charge in [0.05, 0.1) is 29.2 Å². The van der Waals surface area contributed by atoms with Crippen LogP contribution in [0.15, 0.2) is 42.7 Å². The van der Waals surface area contributed by atoms with Crippen LogP contribution in [0.4, 0.5) is 14.5 Å². The van der Waals surface area contributed by atoms with Gasteiger partial charge in [-0.25, -0.2) is 18.7 Å². The molecular weight excluding hydrogens is 386 g/mol. The molecule has 1 aromatic carbocycles. The number of halogens is 2. The van der Waals surface area contributed by atoms with E-state index >= 15 is 0 Å². The number of benzene rings is 1. The first-order chi connectivity index (χ1) is 14.5. The average molecular weight is 410 g/mol. The molecule has 0 bridgehead atoms. The van der Waals surface area contributed by atoms with E-state index in [0.29, 0.717) is 0 Å². The van der Waals surface area contributed by atoms with Crippen molar-refractivity contribution in [3.05, 3.63) is 65.9 Å². The zero-order valence-electron chi connectivity index (χ0n) is 17.0. The smallest absolute Gasteiger partial charge is 0.167 e. The van der Waals surface area contributed by atoms with Crippen molar-refractivity contribution in [1.82, 2.24) is 14.5 Å². The van der Waals surface area contributed by atoms with E-state index < -0.39 is 11.6 Å². The lowest BCUT2D eigenvalue weighted by Gasteiger charge is -2.44. The molecule has 1 spiro atoms. The summed E-state index contributed by atoms with van der Waals surface area (Å²) >= 11 is 0. The molecule has 1 aliphatic heterocycles. The molecule has 3 heterocycles. The van der Waals surface area contributed by atoms with Gasteiger partial charge < -0.3 is 10.1 Å². The number of ether oxygens (including phenoxy) is 1. The summed E-state index contributed by atoms with van der Waals surface area (Å²) in [6.07, 6.45) is 6.78. The van der Waals surface area contributed by atoms with E-state index in [2.05, 4.69) is 28.7 Å². The highest BCUT2D eigenvalue weighted by Crippen LogP contribution is 2.46. The second-order valence-electron chi connectivity index (χ2n) is 8.47. The minimum absolute atomic E-state index is 0.107. The number of hydrogen-bond donors (Lipinski definition) is 1. The van der Waals surface area contributed by atoms with Crippen LogP contribution in [-0.2, 0) is 5.54 Å². The molecule has 0 amide bonds. The number of nitrogens with one attached hydrogen (secondary N) is 1. The maximum Gasteiger partial charge on any atom is 0.167 e. The highest BCUT2D eigenvalue weighted by Gasteiger charge is 2.44. The molecule has 156 valence electrons. The Kier molecular flexibility index (Phi) is 4.49. The number of pyridine rings is 1. The van der Waals surface area contributed by atoms with Gasteiger partial charge in [0.1, 0.15) is 11.6 Å². The summed E-state index contributed by atoms with van der Waals surface area (Å²) in [5, 5.41) is 3.72. The van der Waals surface area contributed by atoms with Crippen LogP contribution in [0.1, 0.15) is 57.0 Å². The van der Waals surface area contributed by atoms with Crippen molar-refractivity contribution in [2.45, 2.75) is 57.1 Å². The van der Waals surface area contributed by atoms with E-state index in [1.54, 1.807) is 6.20 Å². The fourth-order valence-corrected chi connectivity index (χ4v) is 4.66. The Bertz CT molecular complexity index is 1090. The molecule has 30 heavy (non-hydrogen) atoms. The van der Waals surface area contributed by atoms with Crippen LogP contribution in [0.25, 0.3) is 5.82 Å². The van der Waals surface area contributed by atoms with Crippen molar-refractivity contribution in [2.75, 3.05) is 5.32 Å². The first-order valence-electron chi connectivity index (χ1n) is 10.4. The fraction of sp³-hybridized carbons (Fsp3) is 0.391. The molecule has 1 aliphatic carbocycles. The molecule has 2 aliphatic rings. The summed E-state index contributed by atoms with van der Waals surface area (Å²) in [5.74, 6) is 0.991. The summed E-state index contributed by atoms with van der Waals surface area (Å²) in [5.41, 5.74) is 1.84. The number of anilines is 1. The van der Waals surface area contributed by atoms with E-state index in [9.17, 15) is 8.78 Å². The Balaban J connectivity index is 1.43. The molecule has 2 aromatic heterocycles. The standard InChI is InChI=1S/C23H24F2N4O/c1-14(2)21-27-13-20-23(28-18-4-3-11-26-22(18)29(20)21)9-7-16(8-10-23)30-19-6-5-15(24)12-17(19)25/h3-6,11-14,16,28H,7-10H2,1-2H3. The summed E-state index contributed by atoms with van der Waals surface area (Å²) in [6, 6.07) is 7.43. The zero-order chi connectivity index (χ0) is 20.9. The van der Waals surface area contributed by atoms with Crippen LogP contribution in [0.5, 0.6) is 5.75 Å². The van der Waals surface area contributed by atoms with Gasteiger partial charge in [0.25, 0.3) is 0 Å². The zero-order valence-corrected chi connectivity index (χ0v) is 17.0. The molecule has 0 radical (unpaired) electrons. The van der Waals surface area contributed by atoms with Crippen molar-refractivity contribution >= 4 is 5.69 Å². The second-order valence-corrected chi connectivity index (χ2v) is 8.47. The highest BCUT2D eigenvalue weighted by molar-refractivity contribution is 5.63. The van der Waals surface area contributed by atoms with Gasteiger partial charge in [-0.15, -0.1) is 0 Å². The number of nitrogens with zero attached hydrogens (tertiary/aromatic N) is 3. The maximum absolute atomic E-state index is 14.0. The Hall–Kier alpha value is -2.96. The highest BCUT2D eigenvalue weighted by atomic mass is 19.1. The van der Waals surface area contributed by atoms with Gasteiger partial charge in [-0.2, -0.15) is 0 Å². The minimum Gasteiger partial charge on any atom is -0.487 e. The lowest BCUT2D eigenvalue weighted by Crippen LogP contribution is -2.45. The number of fused-ring (bicyclic) bond motifs is 4. The Morgan fingerprint density at radius 1 is 1.17 bits per heavy atom. The van der Waals surface area contributed by atoms with Gasteiger partial charge in [0.15, 0.2) is 17.4 Å². The lowest BCUT2D eigenvalue weighted by atomic mass is 9.77. The number of aromatic nitrogens is 3. The summed E-state index contributed by atoms with van der Waals surface area (Å²) in [7, 11) is 0. The molecule has 7 heteroatoms. The third-order valence-corrected chi connectivity index (χ3v) is 6.14. The van der Waals surface area contributed by atoms with Gasteiger partial charge in [-0.05, 0) is 49.9 Å². The number of hydrogen-bond acceptors (Lipinski definition) is 4. The molecule has 1 saturated carbocycles. The van der Waals surface area contributed by atoms with Crippen LogP contribution in [0, 0.1) is 11.6 Å². The number of imidazole rings is 1. The van der Waals surface area contributed by atoms with Gasteiger partial charge in [0, 0.05) is 18.2 Å². The van der Waals surface area contributed by atoms with Crippen molar-refractivity contribution in [1.29, 1.82) is 0 Å². The van der Waals surface area contributed by atoms with Crippen molar-refractivity contribution < 1.29 is 13.5 Å². The number of rotatable bonds is 3. The predicted molar refractivity (Wildman–Crippen MR) is 110 cm³/mol. The molecule has 0 unspecified atom stereocenters. The average Bonchev–Trinajstić information content (AvgIpc) is 3.19. The van der Waals surface area contributed by atoms with Gasteiger partial charge in [0.2, 0.25) is 0 Å². The van der Waals surface area contributed by atoms with E-state index in [4.69, 9.17) is 9.72 Å². The second kappa shape index (κ2) is 7.07. The van der Waals surface area contributed by atoms with Crippen molar-refractivity contribution in [2.24, 2.45) is 0 Å². The Morgan fingerprint density at radius 3 is 2.70 bits per heavy atom. The third-order valence-electron chi connectivity index (χ3n) is 6.14. The molecule has 1 fully saturated rings. The van der Waals surface area contributed by atoms with E-state index in [0.717, 1.165) is 54.8 Å². The third kappa shape index (κ3) is 3.04. The van der Waals surface area contributed by atoms with Crippen LogP contribution in [0.3, 0.4) is 0 Å². The van der Waals surface area contributed by atoms with E-state index in [1.807, 2.05) is 18.3 Å². The van der Waals surface area contributed by atoms with Gasteiger partial charge in [-0.1, -0.05) is 13.8 Å². The molecule has 0 atom stereocenters. The van der Waals surface area contributed by atoms with Gasteiger partial charge in [-0.3, -0.25) is 4.57 Å². The topological polar surface area (TPSA) is 52.0 Å². The van der Waals surface area contributed by atoms with Crippen LogP contribution >= 0.6 is 0 Å². The first-order valence-corrected chi connectivity index (χ1v) is 10.4. The fourth-order valence-electron chi connectivity index (χ4n) is 4.66. The van der Waals surface area contributed by atoms with Gasteiger partial charge >= 0.3 is 0 Å². The van der Waals surface area contributed by atoms with Crippen LogP contribution in [0.2, 0.25) is 0 Å². The molecule has 0 saturated heterocycles. The lowest BCUT2D eigenvalue weighted by molar-refractivity contribution is 0.117. The first kappa shape index (κ1) is 19.0. The van der Waals surface area contributed by atoms with E-state index in [1.165, 1.54) is 12.1 Å². The molecule has 5 nitrogen and oxygen atoms in total. The Labute approximate surface area is 174 Å². The van der Waals surface area contributed by atoms with E-state index in [-0.39, 0.29) is 23.3 Å². The summed E-state index contributed by atoms with van der Waals surface area (Å²) in [4.78, 5) is 9.32. The summed E-state index contributed by atoms with van der Waals surface area (Å²) in [6.45, 7) is 4.27. The quantitative estimate of drug-likeness (QED) is 0.636. The summed E-state index contributed by atoms with van der Waals surface area (Å²) < 4.78 is 35.2. The normalized spacial score (nSPS) is 22.5. The molecule has 5 rings (SSSR count). The maximum atomic E-state index is 14.0. The van der Waals surface area contributed by atoms with Crippen LogP contribution in [-0.4, -0.2) is 20.6 Å². The van der Waals surface area contributed by atoms with Crippen LogP contribution < -0.4 is 10.1 Å². The van der Waals surface area contributed by atoms with Crippen molar-refractivity contribution in [3.8, 4) is 11.6 Å². The minimum atomic E-state index is -0.661. The molecule has 3 aromatic rings.